The van der Waals surface area contributed by atoms with Crippen molar-refractivity contribution in [1.82, 2.24) is 16.0 Å². The van der Waals surface area contributed by atoms with E-state index in [0.717, 1.165) is 5.56 Å². The van der Waals surface area contributed by atoms with Crippen molar-refractivity contribution in [3.05, 3.63) is 35.9 Å². The summed E-state index contributed by atoms with van der Waals surface area (Å²) < 4.78 is 5.62. The van der Waals surface area contributed by atoms with Gasteiger partial charge in [-0.3, -0.25) is 9.59 Å². The van der Waals surface area contributed by atoms with Crippen molar-refractivity contribution < 1.29 is 24.2 Å². The van der Waals surface area contributed by atoms with Gasteiger partial charge in [-0.25, -0.2) is 4.79 Å². The Balaban J connectivity index is 1.95. The zero-order valence-electron chi connectivity index (χ0n) is 19.5. The van der Waals surface area contributed by atoms with Crippen LogP contribution in [0.25, 0.3) is 0 Å². The molecule has 1 aliphatic rings. The highest BCUT2D eigenvalue weighted by Gasteiger charge is 2.31. The first-order chi connectivity index (χ1) is 15.1. The van der Waals surface area contributed by atoms with Crippen molar-refractivity contribution in [3.8, 4) is 0 Å². The standard InChI is InChI=1S/C24H37N3O5/c1-16(2)12-20(22(30)26-19(15-28)13-18-10-11-25-21(18)29)27-23(31)32-24(3,4)14-17-8-6-5-7-9-17/h5-9,16,18-20,28H,10-15H2,1-4H3,(H,25,29)(H,26,30)(H,27,31)/t18-,19?,20?/m0/s1. The van der Waals surface area contributed by atoms with Crippen molar-refractivity contribution in [3.63, 3.8) is 0 Å². The molecule has 1 heterocycles. The number of aliphatic hydroxyl groups excluding tert-OH is 1. The smallest absolute Gasteiger partial charge is 0.408 e. The molecule has 2 rings (SSSR count). The minimum Gasteiger partial charge on any atom is -0.443 e. The molecular weight excluding hydrogens is 410 g/mol. The van der Waals surface area contributed by atoms with Gasteiger partial charge in [0.25, 0.3) is 0 Å². The summed E-state index contributed by atoms with van der Waals surface area (Å²) in [7, 11) is 0. The van der Waals surface area contributed by atoms with E-state index in [1.54, 1.807) is 0 Å². The van der Waals surface area contributed by atoms with Crippen LogP contribution in [0.3, 0.4) is 0 Å². The van der Waals surface area contributed by atoms with Gasteiger partial charge < -0.3 is 25.8 Å². The molecule has 0 bridgehead atoms. The molecule has 1 fully saturated rings. The number of ether oxygens (including phenoxy) is 1. The number of hydrogen-bond donors (Lipinski definition) is 4. The molecule has 0 radical (unpaired) electrons. The van der Waals surface area contributed by atoms with Gasteiger partial charge >= 0.3 is 6.09 Å². The summed E-state index contributed by atoms with van der Waals surface area (Å²) in [5.74, 6) is -0.531. The number of nitrogens with one attached hydrogen (secondary N) is 3. The Labute approximate surface area is 190 Å². The fraction of sp³-hybridized carbons (Fsp3) is 0.625. The van der Waals surface area contributed by atoms with Crippen LogP contribution in [0.1, 0.15) is 52.5 Å². The molecule has 1 saturated heterocycles. The van der Waals surface area contributed by atoms with E-state index in [4.69, 9.17) is 4.74 Å². The van der Waals surface area contributed by atoms with Gasteiger partial charge in [0.15, 0.2) is 0 Å². The Bertz CT molecular complexity index is 766. The van der Waals surface area contributed by atoms with Gasteiger partial charge in [0, 0.05) is 18.9 Å². The summed E-state index contributed by atoms with van der Waals surface area (Å²) in [6.07, 6.45) is 1.33. The average molecular weight is 448 g/mol. The van der Waals surface area contributed by atoms with E-state index in [9.17, 15) is 19.5 Å². The van der Waals surface area contributed by atoms with E-state index in [1.165, 1.54) is 0 Å². The van der Waals surface area contributed by atoms with E-state index >= 15 is 0 Å². The normalized spacial score (nSPS) is 18.1. The molecule has 4 N–H and O–H groups in total. The lowest BCUT2D eigenvalue weighted by Crippen LogP contribution is -2.52. The van der Waals surface area contributed by atoms with Crippen LogP contribution in [-0.4, -0.2) is 53.9 Å². The van der Waals surface area contributed by atoms with Gasteiger partial charge in [0.05, 0.1) is 12.6 Å². The lowest BCUT2D eigenvalue weighted by Gasteiger charge is -2.28. The number of carbonyl (C=O) groups is 3. The van der Waals surface area contributed by atoms with Crippen LogP contribution in [0.4, 0.5) is 4.79 Å². The summed E-state index contributed by atoms with van der Waals surface area (Å²) in [6.45, 7) is 7.89. The molecule has 8 nitrogen and oxygen atoms in total. The highest BCUT2D eigenvalue weighted by atomic mass is 16.6. The number of amides is 3. The first-order valence-corrected chi connectivity index (χ1v) is 11.3. The summed E-state index contributed by atoms with van der Waals surface area (Å²) in [6, 6.07) is 8.37. The molecular formula is C24H37N3O5. The van der Waals surface area contributed by atoms with Crippen LogP contribution in [0.15, 0.2) is 30.3 Å². The van der Waals surface area contributed by atoms with Crippen molar-refractivity contribution in [1.29, 1.82) is 0 Å². The number of rotatable bonds is 11. The monoisotopic (exact) mass is 447 g/mol. The molecule has 1 aromatic rings. The van der Waals surface area contributed by atoms with Gasteiger partial charge in [0.2, 0.25) is 11.8 Å². The van der Waals surface area contributed by atoms with Crippen molar-refractivity contribution >= 4 is 17.9 Å². The Hall–Kier alpha value is -2.61. The van der Waals surface area contributed by atoms with Crippen LogP contribution in [-0.2, 0) is 20.7 Å². The van der Waals surface area contributed by atoms with Gasteiger partial charge in [-0.05, 0) is 44.6 Å². The van der Waals surface area contributed by atoms with Crippen LogP contribution in [0.2, 0.25) is 0 Å². The van der Waals surface area contributed by atoms with Crippen LogP contribution in [0.5, 0.6) is 0 Å². The highest BCUT2D eigenvalue weighted by molar-refractivity contribution is 5.86. The van der Waals surface area contributed by atoms with Crippen LogP contribution >= 0.6 is 0 Å². The molecule has 0 spiro atoms. The SMILES string of the molecule is CC(C)CC(NC(=O)OC(C)(C)Cc1ccccc1)C(=O)NC(CO)C[C@@H]1CCNC1=O. The zero-order valence-corrected chi connectivity index (χ0v) is 19.5. The predicted molar refractivity (Wildman–Crippen MR) is 122 cm³/mol. The van der Waals surface area contributed by atoms with Crippen LogP contribution in [0, 0.1) is 11.8 Å². The van der Waals surface area contributed by atoms with E-state index in [2.05, 4.69) is 16.0 Å². The second-order valence-electron chi connectivity index (χ2n) is 9.54. The molecule has 3 amide bonds. The molecule has 1 aromatic carbocycles. The number of hydrogen-bond acceptors (Lipinski definition) is 5. The molecule has 0 aromatic heterocycles. The van der Waals surface area contributed by atoms with E-state index < -0.39 is 29.7 Å². The maximum absolute atomic E-state index is 12.9. The highest BCUT2D eigenvalue weighted by Crippen LogP contribution is 2.18. The summed E-state index contributed by atoms with van der Waals surface area (Å²) >= 11 is 0. The molecule has 2 unspecified atom stereocenters. The fourth-order valence-corrected chi connectivity index (χ4v) is 3.94. The molecule has 0 aliphatic carbocycles. The van der Waals surface area contributed by atoms with E-state index in [1.807, 2.05) is 58.0 Å². The second-order valence-corrected chi connectivity index (χ2v) is 9.54. The third-order valence-corrected chi connectivity index (χ3v) is 5.46. The molecule has 32 heavy (non-hydrogen) atoms. The van der Waals surface area contributed by atoms with Crippen molar-refractivity contribution in [2.45, 2.75) is 71.1 Å². The predicted octanol–water partition coefficient (Wildman–Crippen LogP) is 2.15. The quantitative estimate of drug-likeness (QED) is 0.415. The minimum atomic E-state index is -0.804. The maximum Gasteiger partial charge on any atom is 0.408 e. The Morgan fingerprint density at radius 2 is 1.91 bits per heavy atom. The molecule has 3 atom stereocenters. The van der Waals surface area contributed by atoms with Crippen LogP contribution < -0.4 is 16.0 Å². The summed E-state index contributed by atoms with van der Waals surface area (Å²) in [5, 5.41) is 17.9. The van der Waals surface area contributed by atoms with E-state index in [-0.39, 0.29) is 24.3 Å². The number of aliphatic hydroxyl groups is 1. The lowest BCUT2D eigenvalue weighted by atomic mass is 9.97. The topological polar surface area (TPSA) is 117 Å². The van der Waals surface area contributed by atoms with Crippen molar-refractivity contribution in [2.75, 3.05) is 13.2 Å². The van der Waals surface area contributed by atoms with Gasteiger partial charge in [-0.2, -0.15) is 0 Å². The Morgan fingerprint density at radius 1 is 1.22 bits per heavy atom. The first kappa shape index (κ1) is 25.6. The van der Waals surface area contributed by atoms with Gasteiger partial charge in [-0.1, -0.05) is 44.2 Å². The lowest BCUT2D eigenvalue weighted by molar-refractivity contribution is -0.126. The van der Waals surface area contributed by atoms with Gasteiger partial charge in [-0.15, -0.1) is 0 Å². The number of alkyl carbamates (subject to hydrolysis) is 1. The Morgan fingerprint density at radius 3 is 2.47 bits per heavy atom. The molecule has 178 valence electrons. The van der Waals surface area contributed by atoms with Crippen molar-refractivity contribution in [2.24, 2.45) is 11.8 Å². The molecule has 8 heteroatoms. The third-order valence-electron chi connectivity index (χ3n) is 5.46. The Kier molecular flexibility index (Phi) is 9.50. The fourth-order valence-electron chi connectivity index (χ4n) is 3.94. The maximum atomic E-state index is 12.9. The molecule has 0 saturated carbocycles. The first-order valence-electron chi connectivity index (χ1n) is 11.3. The summed E-state index contributed by atoms with van der Waals surface area (Å²) in [5.41, 5.74) is 0.289. The average Bonchev–Trinajstić information content (AvgIpc) is 3.10. The third kappa shape index (κ3) is 8.49. The summed E-state index contributed by atoms with van der Waals surface area (Å²) in [4.78, 5) is 37.3. The zero-order chi connectivity index (χ0) is 23.7. The molecule has 1 aliphatic heterocycles. The van der Waals surface area contributed by atoms with Gasteiger partial charge in [0.1, 0.15) is 11.6 Å². The van der Waals surface area contributed by atoms with E-state index in [0.29, 0.717) is 32.2 Å². The minimum absolute atomic E-state index is 0.0567. The number of carbonyl (C=O) groups excluding carboxylic acids is 3. The second kappa shape index (κ2) is 11.9. The largest absolute Gasteiger partial charge is 0.443 e. The number of benzene rings is 1.